The second-order valence-electron chi connectivity index (χ2n) is 3.40. The van der Waals surface area contributed by atoms with Crippen LogP contribution in [-0.2, 0) is 6.54 Å². The van der Waals surface area contributed by atoms with E-state index in [1.807, 2.05) is 12.3 Å². The van der Waals surface area contributed by atoms with E-state index in [9.17, 15) is 0 Å². The number of aryl methyl sites for hydroxylation is 1. The van der Waals surface area contributed by atoms with Gasteiger partial charge in [-0.1, -0.05) is 5.21 Å². The number of hydrogen-bond acceptors (Lipinski definition) is 4. The number of rotatable bonds is 4. The lowest BCUT2D eigenvalue weighted by atomic mass is 10.2. The van der Waals surface area contributed by atoms with Gasteiger partial charge in [-0.2, -0.15) is 0 Å². The summed E-state index contributed by atoms with van der Waals surface area (Å²) in [5.41, 5.74) is 7.21. The van der Waals surface area contributed by atoms with E-state index >= 15 is 0 Å². The summed E-state index contributed by atoms with van der Waals surface area (Å²) in [7, 11) is 0. The van der Waals surface area contributed by atoms with Crippen LogP contribution in [0, 0.1) is 0 Å². The first-order valence-corrected chi connectivity index (χ1v) is 5.80. The molecule has 84 valence electrons. The molecule has 0 radical (unpaired) electrons. The van der Waals surface area contributed by atoms with Gasteiger partial charge in [0.1, 0.15) is 5.69 Å². The van der Waals surface area contributed by atoms with Crippen LogP contribution in [-0.4, -0.2) is 26.5 Å². The molecule has 0 fully saturated rings. The first-order chi connectivity index (χ1) is 7.79. The number of nitrogens with two attached hydrogens (primary N) is 1. The largest absolute Gasteiger partial charge is 0.330 e. The maximum absolute atomic E-state index is 5.44. The normalized spacial score (nSPS) is 10.6. The third-order valence-electron chi connectivity index (χ3n) is 2.13. The molecule has 16 heavy (non-hydrogen) atoms. The Kier molecular flexibility index (Phi) is 3.63. The average Bonchev–Trinajstić information content (AvgIpc) is 2.75. The number of aromatic nitrogens is 4. The van der Waals surface area contributed by atoms with Crippen LogP contribution in [0.2, 0.25) is 0 Å². The molecule has 2 aromatic rings. The molecule has 2 aromatic heterocycles. The number of pyridine rings is 1. The van der Waals surface area contributed by atoms with Gasteiger partial charge < -0.3 is 5.73 Å². The highest BCUT2D eigenvalue weighted by Crippen LogP contribution is 2.18. The van der Waals surface area contributed by atoms with Crippen LogP contribution in [0.5, 0.6) is 0 Å². The minimum Gasteiger partial charge on any atom is -0.330 e. The molecular formula is C10H12BrN5. The monoisotopic (exact) mass is 281 g/mol. The minimum absolute atomic E-state index is 0.660. The van der Waals surface area contributed by atoms with Crippen molar-refractivity contribution in [1.29, 1.82) is 0 Å². The summed E-state index contributed by atoms with van der Waals surface area (Å²) in [5, 5.41) is 8.12. The van der Waals surface area contributed by atoms with E-state index in [0.29, 0.717) is 6.54 Å². The van der Waals surface area contributed by atoms with Gasteiger partial charge in [-0.05, 0) is 35.0 Å². The second-order valence-corrected chi connectivity index (χ2v) is 4.32. The Morgan fingerprint density at radius 1 is 1.38 bits per heavy atom. The van der Waals surface area contributed by atoms with E-state index in [4.69, 9.17) is 5.73 Å². The molecule has 0 aliphatic rings. The zero-order chi connectivity index (χ0) is 11.4. The Hall–Kier alpha value is -1.27. The molecule has 0 saturated heterocycles. The van der Waals surface area contributed by atoms with Gasteiger partial charge in [0.15, 0.2) is 0 Å². The summed E-state index contributed by atoms with van der Waals surface area (Å²) in [6, 6.07) is 1.96. The number of halogens is 1. The Morgan fingerprint density at radius 2 is 2.25 bits per heavy atom. The lowest BCUT2D eigenvalue weighted by Gasteiger charge is -1.96. The molecular weight excluding hydrogens is 270 g/mol. The average molecular weight is 282 g/mol. The lowest BCUT2D eigenvalue weighted by molar-refractivity contribution is 0.564. The fraction of sp³-hybridized carbons (Fsp3) is 0.300. The highest BCUT2D eigenvalue weighted by molar-refractivity contribution is 9.10. The Balaban J connectivity index is 2.18. The zero-order valence-electron chi connectivity index (χ0n) is 8.67. The van der Waals surface area contributed by atoms with E-state index in [2.05, 4.69) is 31.2 Å². The zero-order valence-corrected chi connectivity index (χ0v) is 10.3. The Labute approximate surface area is 102 Å². The third kappa shape index (κ3) is 2.65. The summed E-state index contributed by atoms with van der Waals surface area (Å²) in [6.45, 7) is 1.46. The molecule has 6 heteroatoms. The number of hydrogen-bond donors (Lipinski definition) is 1. The molecule has 0 saturated carbocycles. The lowest BCUT2D eigenvalue weighted by Crippen LogP contribution is -2.06. The smallest absolute Gasteiger partial charge is 0.114 e. The summed E-state index contributed by atoms with van der Waals surface area (Å²) in [4.78, 5) is 4.09. The third-order valence-corrected chi connectivity index (χ3v) is 2.56. The molecule has 0 bridgehead atoms. The predicted octanol–water partition coefficient (Wildman–Crippen LogP) is 1.45. The number of nitrogens with zero attached hydrogens (tertiary/aromatic N) is 4. The maximum atomic E-state index is 5.44. The van der Waals surface area contributed by atoms with Crippen molar-refractivity contribution in [1.82, 2.24) is 20.0 Å². The minimum atomic E-state index is 0.660. The Bertz CT molecular complexity index is 468. The van der Waals surface area contributed by atoms with Gasteiger partial charge in [0.2, 0.25) is 0 Å². The van der Waals surface area contributed by atoms with Crippen LogP contribution in [0.1, 0.15) is 6.42 Å². The topological polar surface area (TPSA) is 69.6 Å². The molecule has 0 aliphatic heterocycles. The van der Waals surface area contributed by atoms with Crippen molar-refractivity contribution >= 4 is 15.9 Å². The van der Waals surface area contributed by atoms with Gasteiger partial charge in [0.05, 0.1) is 6.20 Å². The van der Waals surface area contributed by atoms with E-state index < -0.39 is 0 Å². The summed E-state index contributed by atoms with van der Waals surface area (Å²) in [6.07, 6.45) is 6.31. The maximum Gasteiger partial charge on any atom is 0.114 e. The molecule has 0 amide bonds. The van der Waals surface area contributed by atoms with Gasteiger partial charge >= 0.3 is 0 Å². The van der Waals surface area contributed by atoms with Crippen LogP contribution in [0.15, 0.2) is 29.1 Å². The predicted molar refractivity (Wildman–Crippen MR) is 64.6 cm³/mol. The van der Waals surface area contributed by atoms with Crippen LogP contribution in [0.4, 0.5) is 0 Å². The summed E-state index contributed by atoms with van der Waals surface area (Å²) in [5.74, 6) is 0. The second kappa shape index (κ2) is 5.18. The van der Waals surface area contributed by atoms with Gasteiger partial charge in [0.25, 0.3) is 0 Å². The Morgan fingerprint density at radius 3 is 3.00 bits per heavy atom. The molecule has 0 atom stereocenters. The fourth-order valence-corrected chi connectivity index (χ4v) is 1.71. The standard InChI is InChI=1S/C10H12BrN5/c11-9-4-8(5-13-6-9)10-7-16(15-14-10)3-1-2-12/h4-7H,1-3,12H2. The first kappa shape index (κ1) is 11.2. The van der Waals surface area contributed by atoms with Gasteiger partial charge in [-0.3, -0.25) is 9.67 Å². The van der Waals surface area contributed by atoms with E-state index in [1.54, 1.807) is 17.1 Å². The fourth-order valence-electron chi connectivity index (χ4n) is 1.35. The van der Waals surface area contributed by atoms with Crippen molar-refractivity contribution < 1.29 is 0 Å². The van der Waals surface area contributed by atoms with Gasteiger partial charge in [0, 0.05) is 29.0 Å². The van der Waals surface area contributed by atoms with E-state index in [-0.39, 0.29) is 0 Å². The van der Waals surface area contributed by atoms with Gasteiger partial charge in [-0.15, -0.1) is 5.10 Å². The molecule has 0 aliphatic carbocycles. The molecule has 2 rings (SSSR count). The van der Waals surface area contributed by atoms with Crippen molar-refractivity contribution in [3.63, 3.8) is 0 Å². The van der Waals surface area contributed by atoms with Crippen LogP contribution < -0.4 is 5.73 Å². The summed E-state index contributed by atoms with van der Waals surface area (Å²) < 4.78 is 2.73. The molecule has 0 spiro atoms. The molecule has 2 heterocycles. The molecule has 5 nitrogen and oxygen atoms in total. The van der Waals surface area contributed by atoms with Crippen molar-refractivity contribution in [3.05, 3.63) is 29.1 Å². The van der Waals surface area contributed by atoms with E-state index in [1.165, 1.54) is 0 Å². The van der Waals surface area contributed by atoms with Crippen molar-refractivity contribution in [2.24, 2.45) is 5.73 Å². The quantitative estimate of drug-likeness (QED) is 0.921. The van der Waals surface area contributed by atoms with Crippen molar-refractivity contribution in [2.45, 2.75) is 13.0 Å². The van der Waals surface area contributed by atoms with Crippen molar-refractivity contribution in [3.8, 4) is 11.3 Å². The highest BCUT2D eigenvalue weighted by Gasteiger charge is 2.04. The molecule has 0 unspecified atom stereocenters. The first-order valence-electron chi connectivity index (χ1n) is 5.01. The highest BCUT2D eigenvalue weighted by atomic mass is 79.9. The summed E-state index contributed by atoms with van der Waals surface area (Å²) >= 11 is 3.37. The van der Waals surface area contributed by atoms with Crippen LogP contribution >= 0.6 is 15.9 Å². The van der Waals surface area contributed by atoms with E-state index in [0.717, 1.165) is 28.7 Å². The SMILES string of the molecule is NCCCn1cc(-c2cncc(Br)c2)nn1. The van der Waals surface area contributed by atoms with Crippen LogP contribution in [0.25, 0.3) is 11.3 Å². The van der Waals surface area contributed by atoms with Crippen molar-refractivity contribution in [2.75, 3.05) is 6.54 Å². The molecule has 2 N–H and O–H groups in total. The van der Waals surface area contributed by atoms with Crippen LogP contribution in [0.3, 0.4) is 0 Å². The van der Waals surface area contributed by atoms with Gasteiger partial charge in [-0.25, -0.2) is 0 Å². The molecule has 0 aromatic carbocycles.